The number of hydrogen-bond acceptors (Lipinski definition) is 4. The molecule has 0 aliphatic heterocycles. The molecule has 2 heterocycles. The van der Waals surface area contributed by atoms with Crippen molar-refractivity contribution in [3.63, 3.8) is 0 Å². The molecule has 0 atom stereocenters. The van der Waals surface area contributed by atoms with Crippen molar-refractivity contribution in [2.75, 3.05) is 11.9 Å². The summed E-state index contributed by atoms with van der Waals surface area (Å²) in [5.41, 5.74) is 5.70. The summed E-state index contributed by atoms with van der Waals surface area (Å²) in [5.74, 6) is 0. The van der Waals surface area contributed by atoms with Crippen molar-refractivity contribution >= 4 is 11.3 Å². The lowest BCUT2D eigenvalue weighted by atomic mass is 10.1. The van der Waals surface area contributed by atoms with Gasteiger partial charge in [0.2, 0.25) is 0 Å². The number of anilines is 1. The van der Waals surface area contributed by atoms with Crippen molar-refractivity contribution in [1.82, 2.24) is 14.8 Å². The van der Waals surface area contributed by atoms with Crippen LogP contribution in [0.2, 0.25) is 0 Å². The summed E-state index contributed by atoms with van der Waals surface area (Å²) in [6.45, 7) is 3.02. The van der Waals surface area contributed by atoms with Gasteiger partial charge in [0.15, 0.2) is 0 Å². The number of nitrogens with zero attached hydrogens (tertiary/aromatic N) is 4. The molecule has 1 aliphatic rings. The van der Waals surface area contributed by atoms with Crippen LogP contribution in [0.15, 0.2) is 24.4 Å². The molecular formula is C17H19N5. The molecule has 0 fully saturated rings. The molecule has 112 valence electrons. The average Bonchev–Trinajstić information content (AvgIpc) is 3.10. The maximum atomic E-state index is 9.28. The Labute approximate surface area is 130 Å². The first-order valence-electron chi connectivity index (χ1n) is 7.57. The van der Waals surface area contributed by atoms with Crippen LogP contribution in [-0.4, -0.2) is 21.3 Å². The van der Waals surface area contributed by atoms with Gasteiger partial charge in [0, 0.05) is 49.6 Å². The van der Waals surface area contributed by atoms with Crippen LogP contribution < -0.4 is 5.32 Å². The van der Waals surface area contributed by atoms with E-state index in [1.165, 1.54) is 0 Å². The molecule has 5 heteroatoms. The minimum absolute atomic E-state index is 0.705. The van der Waals surface area contributed by atoms with Crippen LogP contribution in [0.5, 0.6) is 0 Å². The average molecular weight is 293 g/mol. The second-order valence-electron chi connectivity index (χ2n) is 5.50. The third-order valence-electron chi connectivity index (χ3n) is 3.73. The van der Waals surface area contributed by atoms with E-state index in [2.05, 4.69) is 29.5 Å². The van der Waals surface area contributed by atoms with Crippen LogP contribution in [0.25, 0.3) is 5.57 Å². The van der Waals surface area contributed by atoms with Gasteiger partial charge in [-0.3, -0.25) is 9.67 Å². The number of rotatable bonds is 5. The Morgan fingerprint density at radius 2 is 2.27 bits per heavy atom. The molecule has 0 radical (unpaired) electrons. The van der Waals surface area contributed by atoms with Crippen LogP contribution in [0.1, 0.15) is 36.0 Å². The van der Waals surface area contributed by atoms with E-state index in [1.54, 1.807) is 4.68 Å². The Morgan fingerprint density at radius 1 is 1.41 bits per heavy atom. The minimum atomic E-state index is 0.705. The number of hydrogen-bond donors (Lipinski definition) is 1. The maximum absolute atomic E-state index is 9.28. The monoisotopic (exact) mass is 293 g/mol. The van der Waals surface area contributed by atoms with Gasteiger partial charge in [0.1, 0.15) is 0 Å². The van der Waals surface area contributed by atoms with Gasteiger partial charge < -0.3 is 5.32 Å². The largest absolute Gasteiger partial charge is 0.384 e. The molecule has 3 rings (SSSR count). The molecule has 0 amide bonds. The Balaban J connectivity index is 1.95. The van der Waals surface area contributed by atoms with E-state index in [0.717, 1.165) is 53.3 Å². The smallest absolute Gasteiger partial charge is 0.0996 e. The van der Waals surface area contributed by atoms with Crippen LogP contribution in [0, 0.1) is 11.3 Å². The molecule has 0 saturated heterocycles. The first-order chi connectivity index (χ1) is 10.7. The molecule has 0 spiro atoms. The number of fused-ring (bicyclic) bond motifs is 1. The number of aryl methyl sites for hydroxylation is 1. The molecule has 22 heavy (non-hydrogen) atoms. The minimum Gasteiger partial charge on any atom is -0.384 e. The van der Waals surface area contributed by atoms with E-state index in [0.29, 0.717) is 6.42 Å². The fourth-order valence-corrected chi connectivity index (χ4v) is 2.74. The van der Waals surface area contributed by atoms with Gasteiger partial charge in [-0.25, -0.2) is 0 Å². The summed E-state index contributed by atoms with van der Waals surface area (Å²) in [6, 6.07) is 6.34. The summed E-state index contributed by atoms with van der Waals surface area (Å²) in [6.07, 6.45) is 6.37. The van der Waals surface area contributed by atoms with Crippen molar-refractivity contribution < 1.29 is 0 Å². The Kier molecular flexibility index (Phi) is 3.92. The molecule has 0 bridgehead atoms. The van der Waals surface area contributed by atoms with E-state index in [4.69, 9.17) is 4.98 Å². The van der Waals surface area contributed by atoms with E-state index in [9.17, 15) is 5.26 Å². The molecule has 0 aromatic carbocycles. The van der Waals surface area contributed by atoms with Crippen molar-refractivity contribution in [2.45, 2.75) is 26.2 Å². The summed E-state index contributed by atoms with van der Waals surface area (Å²) in [4.78, 5) is 4.73. The highest BCUT2D eigenvalue weighted by molar-refractivity contribution is 5.88. The van der Waals surface area contributed by atoms with Gasteiger partial charge in [-0.15, -0.1) is 0 Å². The molecule has 2 aromatic heterocycles. The van der Waals surface area contributed by atoms with Crippen molar-refractivity contribution in [1.29, 1.82) is 5.26 Å². The zero-order valence-corrected chi connectivity index (χ0v) is 12.9. The summed E-state index contributed by atoms with van der Waals surface area (Å²) in [7, 11) is 1.91. The van der Waals surface area contributed by atoms with Gasteiger partial charge in [-0.1, -0.05) is 13.0 Å². The second kappa shape index (κ2) is 6.02. The molecular weight excluding hydrogens is 274 g/mol. The van der Waals surface area contributed by atoms with Gasteiger partial charge in [-0.05, 0) is 18.6 Å². The Bertz CT molecular complexity index is 764. The van der Waals surface area contributed by atoms with E-state index >= 15 is 0 Å². The standard InChI is InChI=1S/C17H19N5/c1-3-7-19-16-10-14(9-13-6-8-22(2)21-13)20-15-5-4-12(11-18)17(15)16/h4,6,8,10H,3,5,7,9H2,1-2H3,(H,19,20). The SMILES string of the molecule is CCCNc1cc(Cc2ccn(C)n2)nc2c1C(C#N)=CC2. The highest BCUT2D eigenvalue weighted by Crippen LogP contribution is 2.33. The lowest BCUT2D eigenvalue weighted by Gasteiger charge is -2.13. The highest BCUT2D eigenvalue weighted by Gasteiger charge is 2.21. The molecule has 2 aromatic rings. The summed E-state index contributed by atoms with van der Waals surface area (Å²) < 4.78 is 1.80. The van der Waals surface area contributed by atoms with Crippen molar-refractivity contribution in [3.05, 3.63) is 47.1 Å². The van der Waals surface area contributed by atoms with E-state index in [-0.39, 0.29) is 0 Å². The van der Waals surface area contributed by atoms with Crippen LogP contribution in [0.3, 0.4) is 0 Å². The molecule has 0 saturated carbocycles. The first kappa shape index (κ1) is 14.3. The third kappa shape index (κ3) is 2.73. The second-order valence-corrected chi connectivity index (χ2v) is 5.50. The molecule has 1 N–H and O–H groups in total. The predicted octanol–water partition coefficient (Wildman–Crippen LogP) is 2.69. The number of aromatic nitrogens is 3. The molecule has 0 unspecified atom stereocenters. The van der Waals surface area contributed by atoms with Gasteiger partial charge >= 0.3 is 0 Å². The zero-order chi connectivity index (χ0) is 15.5. The van der Waals surface area contributed by atoms with Crippen molar-refractivity contribution in [2.24, 2.45) is 7.05 Å². The van der Waals surface area contributed by atoms with Crippen LogP contribution >= 0.6 is 0 Å². The fourth-order valence-electron chi connectivity index (χ4n) is 2.74. The third-order valence-corrected chi connectivity index (χ3v) is 3.73. The fraction of sp³-hybridized carbons (Fsp3) is 0.353. The van der Waals surface area contributed by atoms with Gasteiger partial charge in [0.25, 0.3) is 0 Å². The van der Waals surface area contributed by atoms with Gasteiger partial charge in [-0.2, -0.15) is 10.4 Å². The highest BCUT2D eigenvalue weighted by atomic mass is 15.2. The first-order valence-corrected chi connectivity index (χ1v) is 7.57. The molecule has 5 nitrogen and oxygen atoms in total. The number of nitriles is 1. The summed E-state index contributed by atoms with van der Waals surface area (Å²) in [5, 5.41) is 17.1. The van der Waals surface area contributed by atoms with E-state index < -0.39 is 0 Å². The Morgan fingerprint density at radius 3 is 2.95 bits per heavy atom. The normalized spacial score (nSPS) is 12.7. The van der Waals surface area contributed by atoms with E-state index in [1.807, 2.05) is 25.4 Å². The maximum Gasteiger partial charge on any atom is 0.0996 e. The predicted molar refractivity (Wildman–Crippen MR) is 86.3 cm³/mol. The number of allylic oxidation sites excluding steroid dienone is 2. The van der Waals surface area contributed by atoms with Crippen LogP contribution in [-0.2, 0) is 19.9 Å². The summed E-state index contributed by atoms with van der Waals surface area (Å²) >= 11 is 0. The van der Waals surface area contributed by atoms with Crippen LogP contribution in [0.4, 0.5) is 5.69 Å². The quantitative estimate of drug-likeness (QED) is 0.920. The Hall–Kier alpha value is -2.61. The van der Waals surface area contributed by atoms with Gasteiger partial charge in [0.05, 0.1) is 23.0 Å². The number of nitrogens with one attached hydrogen (secondary N) is 1. The zero-order valence-electron chi connectivity index (χ0n) is 12.9. The topological polar surface area (TPSA) is 66.5 Å². The lowest BCUT2D eigenvalue weighted by Crippen LogP contribution is -2.07. The lowest BCUT2D eigenvalue weighted by molar-refractivity contribution is 0.747. The molecule has 1 aliphatic carbocycles. The number of pyridine rings is 1. The van der Waals surface area contributed by atoms with Crippen molar-refractivity contribution in [3.8, 4) is 6.07 Å².